The van der Waals surface area contributed by atoms with Crippen LogP contribution in [-0.4, -0.2) is 28.8 Å². The predicted octanol–water partition coefficient (Wildman–Crippen LogP) is 3.64. The molecule has 2 aromatic heterocycles. The van der Waals surface area contributed by atoms with E-state index in [1.807, 2.05) is 53.8 Å². The fourth-order valence-electron chi connectivity index (χ4n) is 3.10. The molecule has 0 bridgehead atoms. The fourth-order valence-corrected chi connectivity index (χ4v) is 3.10. The van der Waals surface area contributed by atoms with E-state index in [-0.39, 0.29) is 5.91 Å². The summed E-state index contributed by atoms with van der Waals surface area (Å²) in [6, 6.07) is 13.5. The standard InChI is InChI=1S/C23H23N5O2/c24-14-20-8-9-22(30-20)21-11-12-25-15-18(21)5-10-23(29)27-19-6-3-17(4-7-19)2-1-13-28-16-26-28/h3-12,15-16H,1-2,13-14,24H2,(H,27,29)/b10-5+. The van der Waals surface area contributed by atoms with Crippen molar-refractivity contribution in [3.63, 3.8) is 0 Å². The van der Waals surface area contributed by atoms with Crippen molar-refractivity contribution in [3.8, 4) is 11.3 Å². The highest BCUT2D eigenvalue weighted by Crippen LogP contribution is 2.26. The number of nitrogens with zero attached hydrogens (tertiary/aromatic N) is 3. The van der Waals surface area contributed by atoms with E-state index in [0.717, 1.165) is 36.2 Å². The van der Waals surface area contributed by atoms with Crippen LogP contribution in [0.15, 0.2) is 70.5 Å². The van der Waals surface area contributed by atoms with Crippen molar-refractivity contribution in [2.24, 2.45) is 10.8 Å². The van der Waals surface area contributed by atoms with Gasteiger partial charge < -0.3 is 15.5 Å². The van der Waals surface area contributed by atoms with Gasteiger partial charge in [0.2, 0.25) is 5.91 Å². The lowest BCUT2D eigenvalue weighted by Crippen LogP contribution is -2.07. The van der Waals surface area contributed by atoms with Gasteiger partial charge in [0.1, 0.15) is 17.9 Å². The first-order chi connectivity index (χ1) is 14.7. The molecule has 3 heterocycles. The average Bonchev–Trinajstić information content (AvgIpc) is 3.47. The van der Waals surface area contributed by atoms with Crippen LogP contribution in [0, 0.1) is 0 Å². The van der Waals surface area contributed by atoms with Crippen LogP contribution < -0.4 is 11.1 Å². The quantitative estimate of drug-likeness (QED) is 0.534. The van der Waals surface area contributed by atoms with Crippen molar-refractivity contribution in [1.29, 1.82) is 0 Å². The van der Waals surface area contributed by atoms with Gasteiger partial charge in [0.25, 0.3) is 0 Å². The number of rotatable bonds is 9. The molecule has 0 spiro atoms. The van der Waals surface area contributed by atoms with Crippen molar-refractivity contribution >= 4 is 24.0 Å². The normalized spacial score (nSPS) is 12.5. The second kappa shape index (κ2) is 9.19. The zero-order chi connectivity index (χ0) is 20.8. The topological polar surface area (TPSA) is 96.5 Å². The molecule has 1 amide bonds. The van der Waals surface area contributed by atoms with Crippen LogP contribution in [0.25, 0.3) is 17.4 Å². The van der Waals surface area contributed by atoms with Crippen LogP contribution in [0.5, 0.6) is 0 Å². The molecule has 7 heteroatoms. The second-order valence-corrected chi connectivity index (χ2v) is 6.95. The van der Waals surface area contributed by atoms with Gasteiger partial charge in [-0.3, -0.25) is 14.8 Å². The number of aromatic nitrogens is 1. The Morgan fingerprint density at radius 3 is 2.73 bits per heavy atom. The van der Waals surface area contributed by atoms with Gasteiger partial charge in [-0.25, -0.2) is 0 Å². The number of hydrogen-bond acceptors (Lipinski definition) is 6. The Labute approximate surface area is 174 Å². The number of amides is 1. The molecule has 1 aliphatic rings. The maximum absolute atomic E-state index is 12.3. The van der Waals surface area contributed by atoms with Crippen LogP contribution in [0.4, 0.5) is 5.69 Å². The maximum Gasteiger partial charge on any atom is 0.248 e. The Morgan fingerprint density at radius 1 is 1.17 bits per heavy atom. The Balaban J connectivity index is 1.35. The smallest absolute Gasteiger partial charge is 0.248 e. The number of carbonyl (C=O) groups is 1. The number of nitrogens with two attached hydrogens (primary N) is 1. The summed E-state index contributed by atoms with van der Waals surface area (Å²) in [5.41, 5.74) is 9.25. The van der Waals surface area contributed by atoms with Crippen LogP contribution in [-0.2, 0) is 17.8 Å². The Morgan fingerprint density at radius 2 is 2.00 bits per heavy atom. The molecule has 0 fully saturated rings. The highest BCUT2D eigenvalue weighted by atomic mass is 16.3. The van der Waals surface area contributed by atoms with Gasteiger partial charge in [-0.1, -0.05) is 12.1 Å². The van der Waals surface area contributed by atoms with Gasteiger partial charge in [-0.15, -0.1) is 0 Å². The minimum Gasteiger partial charge on any atom is -0.460 e. The molecule has 0 saturated heterocycles. The van der Waals surface area contributed by atoms with Gasteiger partial charge in [0.15, 0.2) is 0 Å². The molecule has 3 N–H and O–H groups in total. The Hall–Kier alpha value is -3.71. The molecule has 0 saturated carbocycles. The summed E-state index contributed by atoms with van der Waals surface area (Å²) >= 11 is 0. The van der Waals surface area contributed by atoms with Gasteiger partial charge in [0.05, 0.1) is 6.54 Å². The van der Waals surface area contributed by atoms with Crippen LogP contribution in [0.1, 0.15) is 23.3 Å². The molecule has 0 aliphatic carbocycles. The van der Waals surface area contributed by atoms with Crippen LogP contribution in [0.2, 0.25) is 0 Å². The summed E-state index contributed by atoms with van der Waals surface area (Å²) in [7, 11) is 0. The van der Waals surface area contributed by atoms with Crippen molar-refractivity contribution in [3.05, 3.63) is 77.8 Å². The summed E-state index contributed by atoms with van der Waals surface area (Å²) in [5, 5.41) is 8.80. The van der Waals surface area contributed by atoms with Crippen molar-refractivity contribution in [1.82, 2.24) is 9.99 Å². The summed E-state index contributed by atoms with van der Waals surface area (Å²) in [6.07, 6.45) is 10.5. The van der Waals surface area contributed by atoms with E-state index in [2.05, 4.69) is 15.4 Å². The molecular weight excluding hydrogens is 378 g/mol. The zero-order valence-electron chi connectivity index (χ0n) is 16.5. The van der Waals surface area contributed by atoms with E-state index >= 15 is 0 Å². The number of hydrogen-bond donors (Lipinski definition) is 2. The lowest BCUT2D eigenvalue weighted by atomic mass is 10.1. The summed E-state index contributed by atoms with van der Waals surface area (Å²) < 4.78 is 5.72. The van der Waals surface area contributed by atoms with E-state index in [1.165, 1.54) is 11.6 Å². The molecule has 3 aromatic rings. The number of anilines is 1. The molecule has 30 heavy (non-hydrogen) atoms. The molecular formula is C23H23N5O2. The number of aryl methyl sites for hydroxylation is 1. The first kappa shape index (κ1) is 19.6. The predicted molar refractivity (Wildman–Crippen MR) is 117 cm³/mol. The van der Waals surface area contributed by atoms with E-state index in [9.17, 15) is 4.79 Å². The summed E-state index contributed by atoms with van der Waals surface area (Å²) in [4.78, 5) is 16.5. The monoisotopic (exact) mass is 401 g/mol. The highest BCUT2D eigenvalue weighted by molar-refractivity contribution is 6.02. The highest BCUT2D eigenvalue weighted by Gasteiger charge is 2.09. The van der Waals surface area contributed by atoms with E-state index < -0.39 is 0 Å². The third-order valence-corrected chi connectivity index (χ3v) is 4.75. The van der Waals surface area contributed by atoms with Crippen molar-refractivity contribution < 1.29 is 9.21 Å². The van der Waals surface area contributed by atoms with Crippen molar-refractivity contribution in [2.75, 3.05) is 11.9 Å². The number of nitrogens with one attached hydrogen (secondary N) is 1. The number of benzene rings is 1. The summed E-state index contributed by atoms with van der Waals surface area (Å²) in [6.45, 7) is 1.29. The molecule has 0 unspecified atom stereocenters. The molecule has 0 radical (unpaired) electrons. The molecule has 4 rings (SSSR count). The second-order valence-electron chi connectivity index (χ2n) is 6.95. The van der Waals surface area contributed by atoms with E-state index in [1.54, 1.807) is 18.5 Å². The Kier molecular flexibility index (Phi) is 6.01. The molecule has 1 aromatic carbocycles. The van der Waals surface area contributed by atoms with Crippen molar-refractivity contribution in [2.45, 2.75) is 19.4 Å². The SMILES string of the molecule is NCc1ccc(-c2ccncc2/C=C/C(=O)Nc2ccc(CCCN3C=N3)cc2)o1. The number of carbonyl (C=O) groups excluding carboxylic acids is 1. The minimum absolute atomic E-state index is 0.210. The third kappa shape index (κ3) is 5.21. The fraction of sp³-hybridized carbons (Fsp3) is 0.174. The van der Waals surface area contributed by atoms with E-state index in [0.29, 0.717) is 18.1 Å². The molecule has 0 atom stereocenters. The number of hydrazone groups is 1. The Bertz CT molecular complexity index is 1060. The molecule has 1 aliphatic heterocycles. The first-order valence-electron chi connectivity index (χ1n) is 9.83. The molecule has 152 valence electrons. The lowest BCUT2D eigenvalue weighted by molar-refractivity contribution is -0.111. The molecule has 7 nitrogen and oxygen atoms in total. The number of pyridine rings is 1. The van der Waals surface area contributed by atoms with Gasteiger partial charge in [0, 0.05) is 41.8 Å². The van der Waals surface area contributed by atoms with E-state index in [4.69, 9.17) is 10.2 Å². The van der Waals surface area contributed by atoms with Gasteiger partial charge in [-0.2, -0.15) is 5.10 Å². The summed E-state index contributed by atoms with van der Waals surface area (Å²) in [5.74, 6) is 1.19. The zero-order valence-corrected chi connectivity index (χ0v) is 16.5. The van der Waals surface area contributed by atoms with Gasteiger partial charge in [-0.05, 0) is 54.8 Å². The number of furan rings is 1. The van der Waals surface area contributed by atoms with Crippen LogP contribution in [0.3, 0.4) is 0 Å². The third-order valence-electron chi connectivity index (χ3n) is 4.75. The van der Waals surface area contributed by atoms with Gasteiger partial charge >= 0.3 is 0 Å². The lowest BCUT2D eigenvalue weighted by Gasteiger charge is -2.06. The van der Waals surface area contributed by atoms with Crippen LogP contribution >= 0.6 is 0 Å². The first-order valence-corrected chi connectivity index (χ1v) is 9.83. The average molecular weight is 401 g/mol. The minimum atomic E-state index is -0.210. The maximum atomic E-state index is 12.3. The largest absolute Gasteiger partial charge is 0.460 e.